The molecule has 94 valence electrons. The van der Waals surface area contributed by atoms with Crippen molar-refractivity contribution in [1.82, 2.24) is 9.78 Å². The van der Waals surface area contributed by atoms with Crippen LogP contribution in [0.25, 0.3) is 0 Å². The third-order valence-corrected chi connectivity index (χ3v) is 3.90. The lowest BCUT2D eigenvalue weighted by atomic mass is 9.94. The molecule has 1 aliphatic carbocycles. The van der Waals surface area contributed by atoms with Crippen molar-refractivity contribution in [3.63, 3.8) is 0 Å². The van der Waals surface area contributed by atoms with Crippen LogP contribution >= 0.6 is 0 Å². The minimum absolute atomic E-state index is 0.201. The lowest BCUT2D eigenvalue weighted by Gasteiger charge is -2.17. The monoisotopic (exact) mass is 241 g/mol. The van der Waals surface area contributed by atoms with Gasteiger partial charge in [0, 0.05) is 25.7 Å². The summed E-state index contributed by atoms with van der Waals surface area (Å²) in [5.41, 5.74) is 10.4. The van der Waals surface area contributed by atoms with Crippen molar-refractivity contribution in [2.75, 3.05) is 0 Å². The Labute approximate surface area is 108 Å². The number of nitrogens with two attached hydrogens (primary N) is 1. The van der Waals surface area contributed by atoms with Gasteiger partial charge in [0.2, 0.25) is 0 Å². The molecule has 0 saturated carbocycles. The Balaban J connectivity index is 1.67. The van der Waals surface area contributed by atoms with Crippen molar-refractivity contribution in [2.45, 2.75) is 25.3 Å². The summed E-state index contributed by atoms with van der Waals surface area (Å²) in [5, 5.41) is 4.41. The molecule has 1 heterocycles. The van der Waals surface area contributed by atoms with Gasteiger partial charge in [-0.25, -0.2) is 0 Å². The normalized spacial score (nSPS) is 16.8. The number of hydrogen-bond acceptors (Lipinski definition) is 2. The summed E-state index contributed by atoms with van der Waals surface area (Å²) in [5.74, 6) is 0.560. The van der Waals surface area contributed by atoms with Crippen molar-refractivity contribution < 1.29 is 0 Å². The van der Waals surface area contributed by atoms with Crippen LogP contribution in [0.3, 0.4) is 0 Å². The fourth-order valence-electron chi connectivity index (χ4n) is 2.88. The first-order valence-electron chi connectivity index (χ1n) is 6.53. The number of aromatic nitrogens is 2. The van der Waals surface area contributed by atoms with E-state index >= 15 is 0 Å². The molecule has 18 heavy (non-hydrogen) atoms. The van der Waals surface area contributed by atoms with Gasteiger partial charge in [-0.3, -0.25) is 4.68 Å². The smallest absolute Gasteiger partial charge is 0.0640 e. The van der Waals surface area contributed by atoms with E-state index in [4.69, 9.17) is 5.73 Å². The minimum Gasteiger partial charge on any atom is -0.327 e. The molecule has 2 aromatic rings. The molecule has 2 N–H and O–H groups in total. The van der Waals surface area contributed by atoms with Gasteiger partial charge in [0.05, 0.1) is 5.69 Å². The van der Waals surface area contributed by atoms with Crippen LogP contribution < -0.4 is 5.73 Å². The minimum atomic E-state index is 0.201. The van der Waals surface area contributed by atoms with Crippen LogP contribution in [0.1, 0.15) is 16.8 Å². The van der Waals surface area contributed by atoms with Gasteiger partial charge in [0.15, 0.2) is 0 Å². The van der Waals surface area contributed by atoms with E-state index in [0.29, 0.717) is 5.92 Å². The Kier molecular flexibility index (Phi) is 2.92. The molecular formula is C15H19N3. The van der Waals surface area contributed by atoms with Crippen molar-refractivity contribution in [2.24, 2.45) is 18.7 Å². The highest BCUT2D eigenvalue weighted by atomic mass is 15.2. The summed E-state index contributed by atoms with van der Waals surface area (Å²) in [4.78, 5) is 0. The lowest BCUT2D eigenvalue weighted by Crippen LogP contribution is -2.33. The fourth-order valence-corrected chi connectivity index (χ4v) is 2.88. The largest absolute Gasteiger partial charge is 0.327 e. The first kappa shape index (κ1) is 11.5. The highest BCUT2D eigenvalue weighted by molar-refractivity contribution is 5.32. The summed E-state index contributed by atoms with van der Waals surface area (Å²) in [6, 6.07) is 10.9. The third kappa shape index (κ3) is 2.18. The van der Waals surface area contributed by atoms with Crippen LogP contribution in [0, 0.1) is 5.92 Å². The molecule has 1 atom stereocenters. The molecule has 0 amide bonds. The van der Waals surface area contributed by atoms with E-state index in [1.807, 2.05) is 17.9 Å². The predicted octanol–water partition coefficient (Wildman–Crippen LogP) is 1.70. The zero-order valence-corrected chi connectivity index (χ0v) is 10.7. The van der Waals surface area contributed by atoms with Gasteiger partial charge in [-0.1, -0.05) is 24.3 Å². The standard InChI is InChI=1S/C15H19N3/c1-18-7-6-14(17-18)10-15(16)13-8-11-4-2-3-5-12(11)9-13/h2-7,13,15H,8-10,16H2,1H3. The van der Waals surface area contributed by atoms with Crippen LogP contribution in [0.15, 0.2) is 36.5 Å². The number of aryl methyl sites for hydroxylation is 1. The van der Waals surface area contributed by atoms with Gasteiger partial charge >= 0.3 is 0 Å². The van der Waals surface area contributed by atoms with E-state index in [1.165, 1.54) is 11.1 Å². The number of benzene rings is 1. The number of nitrogens with zero attached hydrogens (tertiary/aromatic N) is 2. The quantitative estimate of drug-likeness (QED) is 0.889. The molecule has 3 nitrogen and oxygen atoms in total. The van der Waals surface area contributed by atoms with Crippen molar-refractivity contribution in [1.29, 1.82) is 0 Å². The van der Waals surface area contributed by atoms with Gasteiger partial charge < -0.3 is 5.73 Å². The Hall–Kier alpha value is -1.61. The molecule has 1 aromatic carbocycles. The van der Waals surface area contributed by atoms with E-state index in [9.17, 15) is 0 Å². The van der Waals surface area contributed by atoms with E-state index < -0.39 is 0 Å². The molecule has 0 aliphatic heterocycles. The van der Waals surface area contributed by atoms with E-state index in [1.54, 1.807) is 0 Å². The topological polar surface area (TPSA) is 43.8 Å². The van der Waals surface area contributed by atoms with Crippen LogP contribution in [-0.4, -0.2) is 15.8 Å². The summed E-state index contributed by atoms with van der Waals surface area (Å²) in [6.07, 6.45) is 5.08. The first-order chi connectivity index (χ1) is 8.72. The van der Waals surface area contributed by atoms with Gasteiger partial charge in [0.1, 0.15) is 0 Å². The molecule has 0 saturated heterocycles. The molecule has 0 fully saturated rings. The maximum Gasteiger partial charge on any atom is 0.0640 e. The zero-order valence-electron chi connectivity index (χ0n) is 10.7. The van der Waals surface area contributed by atoms with Gasteiger partial charge in [0.25, 0.3) is 0 Å². The molecule has 1 aliphatic rings. The first-order valence-corrected chi connectivity index (χ1v) is 6.53. The second-order valence-electron chi connectivity index (χ2n) is 5.29. The molecule has 3 rings (SSSR count). The molecule has 3 heteroatoms. The maximum atomic E-state index is 6.35. The third-order valence-electron chi connectivity index (χ3n) is 3.90. The van der Waals surface area contributed by atoms with E-state index in [2.05, 4.69) is 35.4 Å². The van der Waals surface area contributed by atoms with Gasteiger partial charge in [-0.2, -0.15) is 5.10 Å². The highest BCUT2D eigenvalue weighted by Gasteiger charge is 2.26. The van der Waals surface area contributed by atoms with Crippen LogP contribution in [0.4, 0.5) is 0 Å². The molecule has 1 unspecified atom stereocenters. The molecule has 1 aromatic heterocycles. The number of fused-ring (bicyclic) bond motifs is 1. The fraction of sp³-hybridized carbons (Fsp3) is 0.400. The van der Waals surface area contributed by atoms with Gasteiger partial charge in [-0.15, -0.1) is 0 Å². The summed E-state index contributed by atoms with van der Waals surface area (Å²) < 4.78 is 1.84. The molecule has 0 spiro atoms. The lowest BCUT2D eigenvalue weighted by molar-refractivity contribution is 0.433. The van der Waals surface area contributed by atoms with Gasteiger partial charge in [-0.05, 0) is 36.0 Å². The zero-order chi connectivity index (χ0) is 12.5. The van der Waals surface area contributed by atoms with Crippen molar-refractivity contribution in [3.8, 4) is 0 Å². The molecule has 0 radical (unpaired) electrons. The summed E-state index contributed by atoms with van der Waals surface area (Å²) in [6.45, 7) is 0. The van der Waals surface area contributed by atoms with Crippen LogP contribution in [0.2, 0.25) is 0 Å². The molecule has 0 bridgehead atoms. The van der Waals surface area contributed by atoms with E-state index in [-0.39, 0.29) is 6.04 Å². The Morgan fingerprint density at radius 3 is 2.50 bits per heavy atom. The summed E-state index contributed by atoms with van der Waals surface area (Å²) in [7, 11) is 1.94. The number of rotatable bonds is 3. The average molecular weight is 241 g/mol. The SMILES string of the molecule is Cn1ccc(CC(N)C2Cc3ccccc3C2)n1. The Morgan fingerprint density at radius 1 is 1.28 bits per heavy atom. The Morgan fingerprint density at radius 2 is 1.94 bits per heavy atom. The van der Waals surface area contributed by atoms with Crippen molar-refractivity contribution in [3.05, 3.63) is 53.3 Å². The van der Waals surface area contributed by atoms with Crippen LogP contribution in [-0.2, 0) is 26.3 Å². The Bertz CT molecular complexity index is 519. The molecular weight excluding hydrogens is 222 g/mol. The maximum absolute atomic E-state index is 6.35. The second kappa shape index (κ2) is 4.58. The highest BCUT2D eigenvalue weighted by Crippen LogP contribution is 2.28. The van der Waals surface area contributed by atoms with Crippen molar-refractivity contribution >= 4 is 0 Å². The summed E-state index contributed by atoms with van der Waals surface area (Å²) >= 11 is 0. The number of hydrogen-bond donors (Lipinski definition) is 1. The van der Waals surface area contributed by atoms with E-state index in [0.717, 1.165) is 25.0 Å². The van der Waals surface area contributed by atoms with Crippen LogP contribution in [0.5, 0.6) is 0 Å². The second-order valence-corrected chi connectivity index (χ2v) is 5.29. The average Bonchev–Trinajstić information content (AvgIpc) is 2.95. The predicted molar refractivity (Wildman–Crippen MR) is 72.2 cm³/mol.